The summed E-state index contributed by atoms with van der Waals surface area (Å²) < 4.78 is 0. The topological polar surface area (TPSA) is 12.9 Å². The van der Waals surface area contributed by atoms with Crippen molar-refractivity contribution in [1.82, 2.24) is 4.98 Å². The quantitative estimate of drug-likeness (QED) is 0.687. The minimum absolute atomic E-state index is 0.855. The molecule has 1 aromatic rings. The van der Waals surface area contributed by atoms with Crippen LogP contribution in [-0.2, 0) is 6.42 Å². The molecule has 0 N–H and O–H groups in total. The van der Waals surface area contributed by atoms with Crippen molar-refractivity contribution in [2.45, 2.75) is 73.6 Å². The molecule has 1 aliphatic rings. The van der Waals surface area contributed by atoms with Crippen LogP contribution in [0.2, 0.25) is 0 Å². The summed E-state index contributed by atoms with van der Waals surface area (Å²) in [5.41, 5.74) is 5.71. The Balaban J connectivity index is 0.000000581. The zero-order valence-electron chi connectivity index (χ0n) is 12.7. The van der Waals surface area contributed by atoms with Gasteiger partial charge in [0.25, 0.3) is 0 Å². The van der Waals surface area contributed by atoms with Crippen molar-refractivity contribution in [3.8, 4) is 0 Å². The van der Waals surface area contributed by atoms with Gasteiger partial charge in [-0.2, -0.15) is 0 Å². The summed E-state index contributed by atoms with van der Waals surface area (Å²) in [7, 11) is 0. The summed E-state index contributed by atoms with van der Waals surface area (Å²) in [6, 6.07) is 0. The molecular formula is C16H29N. The molecule has 0 spiro atoms. The maximum atomic E-state index is 4.47. The predicted molar refractivity (Wildman–Crippen MR) is 77.8 cm³/mol. The van der Waals surface area contributed by atoms with Gasteiger partial charge in [-0.05, 0) is 55.7 Å². The van der Waals surface area contributed by atoms with Crippen molar-refractivity contribution >= 4 is 0 Å². The number of hydrogen-bond acceptors (Lipinski definition) is 1. The van der Waals surface area contributed by atoms with Gasteiger partial charge >= 0.3 is 0 Å². The van der Waals surface area contributed by atoms with E-state index in [1.165, 1.54) is 29.7 Å². The maximum absolute atomic E-state index is 4.47. The summed E-state index contributed by atoms with van der Waals surface area (Å²) >= 11 is 0. The van der Waals surface area contributed by atoms with Crippen LogP contribution in [0.15, 0.2) is 6.20 Å². The summed E-state index contributed by atoms with van der Waals surface area (Å²) in [4.78, 5) is 4.47. The van der Waals surface area contributed by atoms with Gasteiger partial charge < -0.3 is 0 Å². The van der Waals surface area contributed by atoms with Gasteiger partial charge in [0, 0.05) is 11.9 Å². The van der Waals surface area contributed by atoms with Gasteiger partial charge in [-0.3, -0.25) is 4.98 Å². The van der Waals surface area contributed by atoms with Gasteiger partial charge in [0.1, 0.15) is 0 Å². The molecule has 1 fully saturated rings. The molecule has 1 heteroatoms. The van der Waals surface area contributed by atoms with Crippen LogP contribution in [-0.4, -0.2) is 4.98 Å². The second kappa shape index (κ2) is 8.27. The standard InChI is InChI=1S/C12H17N.2C2H6/c1-4-11-9(3)12(10-5-6-10)8(2)7-13-11;2*1-2/h7,10H,4-6H2,1-3H3;2*1-2H3. The fourth-order valence-electron chi connectivity index (χ4n) is 2.15. The Labute approximate surface area is 108 Å². The molecule has 0 amide bonds. The van der Waals surface area contributed by atoms with E-state index in [0.717, 1.165) is 12.3 Å². The molecule has 98 valence electrons. The first-order valence-corrected chi connectivity index (χ1v) is 7.19. The van der Waals surface area contributed by atoms with E-state index in [4.69, 9.17) is 0 Å². The van der Waals surface area contributed by atoms with E-state index in [1.807, 2.05) is 33.9 Å². The highest BCUT2D eigenvalue weighted by Crippen LogP contribution is 2.43. The van der Waals surface area contributed by atoms with Crippen LogP contribution in [0.4, 0.5) is 0 Å². The van der Waals surface area contributed by atoms with Crippen molar-refractivity contribution in [2.75, 3.05) is 0 Å². The molecule has 0 unspecified atom stereocenters. The number of nitrogens with zero attached hydrogens (tertiary/aromatic N) is 1. The third-order valence-corrected chi connectivity index (χ3v) is 3.00. The smallest absolute Gasteiger partial charge is 0.0433 e. The fourth-order valence-corrected chi connectivity index (χ4v) is 2.15. The minimum atomic E-state index is 0.855. The number of rotatable bonds is 2. The van der Waals surface area contributed by atoms with Gasteiger partial charge in [-0.1, -0.05) is 34.6 Å². The molecule has 17 heavy (non-hydrogen) atoms. The second-order valence-corrected chi connectivity index (χ2v) is 4.05. The monoisotopic (exact) mass is 235 g/mol. The van der Waals surface area contributed by atoms with E-state index in [0.29, 0.717) is 0 Å². The van der Waals surface area contributed by atoms with Gasteiger partial charge in [-0.15, -0.1) is 0 Å². The Morgan fingerprint density at radius 3 is 2.06 bits per heavy atom. The molecule has 1 saturated carbocycles. The summed E-state index contributed by atoms with van der Waals surface area (Å²) in [5.74, 6) is 0.855. The van der Waals surface area contributed by atoms with Crippen molar-refractivity contribution in [2.24, 2.45) is 0 Å². The number of hydrogen-bond donors (Lipinski definition) is 0. The molecule has 0 saturated heterocycles. The molecular weight excluding hydrogens is 206 g/mol. The lowest BCUT2D eigenvalue weighted by Crippen LogP contribution is -1.99. The van der Waals surface area contributed by atoms with Crippen molar-refractivity contribution < 1.29 is 0 Å². The Kier molecular flexibility index (Phi) is 7.86. The SMILES string of the molecule is CC.CC.CCc1ncc(C)c(C2CC2)c1C. The summed E-state index contributed by atoms with van der Waals surface area (Å²) in [5, 5.41) is 0. The van der Waals surface area contributed by atoms with E-state index in [1.54, 1.807) is 5.56 Å². The zero-order chi connectivity index (χ0) is 13.4. The summed E-state index contributed by atoms with van der Waals surface area (Å²) in [6.45, 7) is 14.6. The predicted octanol–water partition coefficient (Wildman–Crippen LogP) is 5.19. The van der Waals surface area contributed by atoms with E-state index in [2.05, 4.69) is 25.8 Å². The van der Waals surface area contributed by atoms with E-state index in [-0.39, 0.29) is 0 Å². The molecule has 2 rings (SSSR count). The zero-order valence-corrected chi connectivity index (χ0v) is 12.7. The first kappa shape index (κ1) is 16.1. The lowest BCUT2D eigenvalue weighted by Gasteiger charge is -2.11. The molecule has 0 atom stereocenters. The van der Waals surface area contributed by atoms with Crippen LogP contribution in [0, 0.1) is 13.8 Å². The van der Waals surface area contributed by atoms with Crippen molar-refractivity contribution in [1.29, 1.82) is 0 Å². The van der Waals surface area contributed by atoms with E-state index in [9.17, 15) is 0 Å². The van der Waals surface area contributed by atoms with Crippen LogP contribution < -0.4 is 0 Å². The van der Waals surface area contributed by atoms with Gasteiger partial charge in [0.2, 0.25) is 0 Å². The Morgan fingerprint density at radius 1 is 1.12 bits per heavy atom. The lowest BCUT2D eigenvalue weighted by atomic mass is 9.98. The van der Waals surface area contributed by atoms with Gasteiger partial charge in [-0.25, -0.2) is 0 Å². The summed E-state index contributed by atoms with van der Waals surface area (Å²) in [6.07, 6.45) is 5.87. The molecule has 1 aromatic heterocycles. The Morgan fingerprint density at radius 2 is 1.65 bits per heavy atom. The first-order chi connectivity index (χ1) is 8.24. The molecule has 1 nitrogen and oxygen atoms in total. The second-order valence-electron chi connectivity index (χ2n) is 4.05. The van der Waals surface area contributed by atoms with E-state index >= 15 is 0 Å². The Hall–Kier alpha value is -0.850. The average molecular weight is 235 g/mol. The first-order valence-electron chi connectivity index (χ1n) is 7.19. The van der Waals surface area contributed by atoms with Gasteiger partial charge in [0.05, 0.1) is 0 Å². The van der Waals surface area contributed by atoms with Crippen LogP contribution >= 0.6 is 0 Å². The van der Waals surface area contributed by atoms with E-state index < -0.39 is 0 Å². The largest absolute Gasteiger partial charge is 0.261 e. The van der Waals surface area contributed by atoms with Crippen LogP contribution in [0.3, 0.4) is 0 Å². The van der Waals surface area contributed by atoms with Gasteiger partial charge in [0.15, 0.2) is 0 Å². The maximum Gasteiger partial charge on any atom is 0.0433 e. The Bertz CT molecular complexity index is 325. The fraction of sp³-hybridized carbons (Fsp3) is 0.688. The highest BCUT2D eigenvalue weighted by molar-refractivity contribution is 5.40. The third-order valence-electron chi connectivity index (χ3n) is 3.00. The molecule has 0 aliphatic heterocycles. The molecule has 0 radical (unpaired) electrons. The number of pyridine rings is 1. The lowest BCUT2D eigenvalue weighted by molar-refractivity contribution is 0.950. The molecule has 1 heterocycles. The molecule has 0 aromatic carbocycles. The molecule has 0 bridgehead atoms. The number of aryl methyl sites for hydroxylation is 2. The van der Waals surface area contributed by atoms with Crippen LogP contribution in [0.1, 0.15) is 75.8 Å². The van der Waals surface area contributed by atoms with Crippen molar-refractivity contribution in [3.63, 3.8) is 0 Å². The highest BCUT2D eigenvalue weighted by Gasteiger charge is 2.27. The minimum Gasteiger partial charge on any atom is -0.261 e. The van der Waals surface area contributed by atoms with Crippen LogP contribution in [0.5, 0.6) is 0 Å². The number of aromatic nitrogens is 1. The average Bonchev–Trinajstić information content (AvgIpc) is 3.19. The van der Waals surface area contributed by atoms with Crippen LogP contribution in [0.25, 0.3) is 0 Å². The van der Waals surface area contributed by atoms with Crippen molar-refractivity contribution in [3.05, 3.63) is 28.6 Å². The third kappa shape index (κ3) is 4.14. The molecule has 1 aliphatic carbocycles. The highest BCUT2D eigenvalue weighted by atomic mass is 14.7. The normalized spacial score (nSPS) is 13.1.